The third-order valence-corrected chi connectivity index (χ3v) is 4.21. The maximum absolute atomic E-state index is 13.7. The molecule has 152 valence electrons. The Balaban J connectivity index is 1.85. The first-order valence-electron chi connectivity index (χ1n) is 8.14. The topological polar surface area (TPSA) is 91.4 Å². The summed E-state index contributed by atoms with van der Waals surface area (Å²) < 4.78 is 52.5. The van der Waals surface area contributed by atoms with Crippen LogP contribution in [0.1, 0.15) is 16.7 Å². The van der Waals surface area contributed by atoms with E-state index in [-0.39, 0.29) is 17.9 Å². The number of anilines is 1. The van der Waals surface area contributed by atoms with Crippen LogP contribution in [-0.4, -0.2) is 22.4 Å². The molecule has 1 aliphatic rings. The Morgan fingerprint density at radius 1 is 1.21 bits per heavy atom. The summed E-state index contributed by atoms with van der Waals surface area (Å²) in [6.07, 6.45) is -5.59. The van der Waals surface area contributed by atoms with Gasteiger partial charge in [0.15, 0.2) is 12.5 Å². The smallest absolute Gasteiger partial charge is 0.299 e. The summed E-state index contributed by atoms with van der Waals surface area (Å²) in [5, 5.41) is 20.4. The number of nitrogens with zero attached hydrogens (tertiary/aromatic N) is 5. The molecule has 0 amide bonds. The number of carbonyl (C=O) groups is 1. The number of aldehydes is 1. The Kier molecular flexibility index (Phi) is 5.18. The molecule has 12 heteroatoms. The average Bonchev–Trinajstić information content (AvgIpc) is 3.02. The van der Waals surface area contributed by atoms with Crippen molar-refractivity contribution in [3.05, 3.63) is 69.0 Å². The lowest BCUT2D eigenvalue weighted by Gasteiger charge is -2.24. The van der Waals surface area contributed by atoms with Gasteiger partial charge in [0.2, 0.25) is 0 Å². The minimum absolute atomic E-state index is 0.00366. The Morgan fingerprint density at radius 3 is 2.52 bits per heavy atom. The molecule has 0 N–H and O–H groups in total. The van der Waals surface area contributed by atoms with Crippen molar-refractivity contribution < 1.29 is 27.3 Å². The van der Waals surface area contributed by atoms with Gasteiger partial charge >= 0.3 is 6.18 Å². The zero-order valence-electron chi connectivity index (χ0n) is 14.8. The molecule has 2 aromatic rings. The van der Waals surface area contributed by atoms with E-state index in [2.05, 4.69) is 10.4 Å². The fourth-order valence-electron chi connectivity index (χ4n) is 2.86. The summed E-state index contributed by atoms with van der Waals surface area (Å²) >= 11 is 0. The number of nitro groups is 1. The highest BCUT2D eigenvalue weighted by molar-refractivity contribution is 5.66. The fraction of sp³-hybridized carbons (Fsp3) is 0.235. The predicted octanol–water partition coefficient (Wildman–Crippen LogP) is 4.19. The number of hydrogen-bond donors (Lipinski definition) is 0. The lowest BCUT2D eigenvalue weighted by atomic mass is 10.1. The van der Waals surface area contributed by atoms with Crippen LogP contribution < -0.4 is 5.01 Å². The number of rotatable bonds is 5. The largest absolute Gasteiger partial charge is 0.416 e. The number of hydrogen-bond acceptors (Lipinski definition) is 7. The van der Waals surface area contributed by atoms with Crippen LogP contribution in [0.15, 0.2) is 46.8 Å². The molecular weight excluding hydrogens is 398 g/mol. The summed E-state index contributed by atoms with van der Waals surface area (Å²) in [7, 11) is 0. The Labute approximate surface area is 161 Å². The van der Waals surface area contributed by atoms with Gasteiger partial charge in [0.1, 0.15) is 5.82 Å². The van der Waals surface area contributed by atoms with Gasteiger partial charge in [0, 0.05) is 11.6 Å². The molecule has 0 spiro atoms. The minimum Gasteiger partial charge on any atom is -0.299 e. The van der Waals surface area contributed by atoms with Crippen LogP contribution in [0.2, 0.25) is 0 Å². The molecular formula is C17H13F4N5O3. The first-order valence-corrected chi connectivity index (χ1v) is 8.14. The van der Waals surface area contributed by atoms with Crippen molar-refractivity contribution in [1.82, 2.24) is 5.01 Å². The molecule has 0 saturated carbocycles. The van der Waals surface area contributed by atoms with Gasteiger partial charge in [-0.15, -0.1) is 0 Å². The second kappa shape index (κ2) is 7.45. The zero-order valence-corrected chi connectivity index (χ0v) is 14.8. The Morgan fingerprint density at radius 2 is 1.93 bits per heavy atom. The van der Waals surface area contributed by atoms with Gasteiger partial charge in [0.05, 0.1) is 22.7 Å². The third kappa shape index (κ3) is 4.15. The van der Waals surface area contributed by atoms with Gasteiger partial charge in [-0.3, -0.25) is 14.9 Å². The number of benzene rings is 2. The lowest BCUT2D eigenvalue weighted by molar-refractivity contribution is -0.385. The van der Waals surface area contributed by atoms with Crippen LogP contribution in [0.3, 0.4) is 0 Å². The van der Waals surface area contributed by atoms with E-state index in [4.69, 9.17) is 0 Å². The SMILES string of the molecule is Cc1cc(CN2N=NN(c3cc(F)cc(C(F)(F)F)c3)C2C=O)ccc1[N+](=O)[O-]. The van der Waals surface area contributed by atoms with Gasteiger partial charge in [-0.05, 0) is 42.0 Å². The number of halogens is 4. The van der Waals surface area contributed by atoms with Gasteiger partial charge < -0.3 is 0 Å². The summed E-state index contributed by atoms with van der Waals surface area (Å²) in [6, 6.07) is 6.11. The van der Waals surface area contributed by atoms with Crippen LogP contribution in [-0.2, 0) is 17.5 Å². The van der Waals surface area contributed by atoms with Gasteiger partial charge in [-0.25, -0.2) is 14.4 Å². The van der Waals surface area contributed by atoms with E-state index >= 15 is 0 Å². The van der Waals surface area contributed by atoms with Crippen LogP contribution in [0.25, 0.3) is 0 Å². The maximum atomic E-state index is 13.7. The summed E-state index contributed by atoms with van der Waals surface area (Å²) in [5.41, 5.74) is -0.638. The average molecular weight is 411 g/mol. The summed E-state index contributed by atoms with van der Waals surface area (Å²) in [4.78, 5) is 21.9. The molecule has 0 aromatic heterocycles. The van der Waals surface area contributed by atoms with Crippen LogP contribution in [0.5, 0.6) is 0 Å². The van der Waals surface area contributed by atoms with Crippen molar-refractivity contribution in [3.63, 3.8) is 0 Å². The molecule has 0 saturated heterocycles. The van der Waals surface area contributed by atoms with Crippen LogP contribution in [0.4, 0.5) is 28.9 Å². The molecule has 0 radical (unpaired) electrons. The third-order valence-electron chi connectivity index (χ3n) is 4.21. The summed E-state index contributed by atoms with van der Waals surface area (Å²) in [6.45, 7) is 1.55. The van der Waals surface area contributed by atoms with Crippen LogP contribution in [0, 0.1) is 22.9 Å². The van der Waals surface area contributed by atoms with Crippen molar-refractivity contribution in [2.75, 3.05) is 5.01 Å². The molecule has 2 aromatic carbocycles. The molecule has 0 fully saturated rings. The van der Waals surface area contributed by atoms with Gasteiger partial charge in [0.25, 0.3) is 5.69 Å². The molecule has 1 heterocycles. The first-order chi connectivity index (χ1) is 13.6. The van der Waals surface area contributed by atoms with Crippen LogP contribution >= 0.6 is 0 Å². The fourth-order valence-corrected chi connectivity index (χ4v) is 2.86. The Hall–Kier alpha value is -3.57. The number of nitro benzene ring substituents is 1. The highest BCUT2D eigenvalue weighted by Crippen LogP contribution is 2.34. The molecule has 3 rings (SSSR count). The van der Waals surface area contributed by atoms with E-state index < -0.39 is 28.6 Å². The molecule has 0 bridgehead atoms. The van der Waals surface area contributed by atoms with E-state index in [1.54, 1.807) is 6.92 Å². The molecule has 1 unspecified atom stereocenters. The van der Waals surface area contributed by atoms with Gasteiger partial charge in [-0.2, -0.15) is 13.2 Å². The molecule has 0 aliphatic carbocycles. The highest BCUT2D eigenvalue weighted by Gasteiger charge is 2.35. The van der Waals surface area contributed by atoms with E-state index in [1.807, 2.05) is 0 Å². The van der Waals surface area contributed by atoms with Gasteiger partial charge in [-0.1, -0.05) is 11.3 Å². The molecule has 1 atom stereocenters. The van der Waals surface area contributed by atoms with Crippen molar-refractivity contribution in [2.24, 2.45) is 10.4 Å². The zero-order chi connectivity index (χ0) is 21.3. The maximum Gasteiger partial charge on any atom is 0.416 e. The predicted molar refractivity (Wildman–Crippen MR) is 92.0 cm³/mol. The normalized spacial score (nSPS) is 16.4. The van der Waals surface area contributed by atoms with Crippen molar-refractivity contribution in [1.29, 1.82) is 0 Å². The molecule has 29 heavy (non-hydrogen) atoms. The minimum atomic E-state index is -4.78. The van der Waals surface area contributed by atoms with E-state index in [9.17, 15) is 32.5 Å². The van der Waals surface area contributed by atoms with Crippen molar-refractivity contribution in [2.45, 2.75) is 25.8 Å². The Bertz CT molecular complexity index is 996. The van der Waals surface area contributed by atoms with Crippen molar-refractivity contribution >= 4 is 17.7 Å². The van der Waals surface area contributed by atoms with E-state index in [0.717, 1.165) is 11.1 Å². The van der Waals surface area contributed by atoms with E-state index in [1.165, 1.54) is 23.2 Å². The number of alkyl halides is 3. The monoisotopic (exact) mass is 411 g/mol. The summed E-state index contributed by atoms with van der Waals surface area (Å²) in [5.74, 6) is -1.14. The lowest BCUT2D eigenvalue weighted by Crippen LogP contribution is -2.39. The number of carbonyl (C=O) groups excluding carboxylic acids is 1. The quantitative estimate of drug-likeness (QED) is 0.318. The number of aryl methyl sites for hydroxylation is 1. The second-order valence-corrected chi connectivity index (χ2v) is 6.24. The second-order valence-electron chi connectivity index (χ2n) is 6.24. The first kappa shape index (κ1) is 20.2. The van der Waals surface area contributed by atoms with Crippen molar-refractivity contribution in [3.8, 4) is 0 Å². The molecule has 1 aliphatic heterocycles. The molecule has 8 nitrogen and oxygen atoms in total. The van der Waals surface area contributed by atoms with E-state index in [0.29, 0.717) is 29.5 Å². The standard InChI is InChI=1S/C17H13F4N5O3/c1-10-4-11(2-3-15(10)26(28)29)8-24-16(9-27)25(23-22-24)14-6-12(17(19,20)21)5-13(18)7-14/h2-7,9,16H,8H2,1H3. The highest BCUT2D eigenvalue weighted by atomic mass is 19.4.